The first-order chi connectivity index (χ1) is 7.15. The molecule has 1 fully saturated rings. The molecule has 1 aromatic carbocycles. The molecule has 2 rings (SSSR count). The van der Waals surface area contributed by atoms with Gasteiger partial charge in [0.25, 0.3) is 0 Å². The van der Waals surface area contributed by atoms with Crippen LogP contribution in [0.1, 0.15) is 19.3 Å². The van der Waals surface area contributed by atoms with Crippen molar-refractivity contribution in [2.75, 3.05) is 11.1 Å². The van der Waals surface area contributed by atoms with Gasteiger partial charge in [0, 0.05) is 17.3 Å². The molecule has 1 aliphatic carbocycles. The van der Waals surface area contributed by atoms with Gasteiger partial charge in [-0.2, -0.15) is 0 Å². The van der Waals surface area contributed by atoms with Crippen molar-refractivity contribution in [3.8, 4) is 0 Å². The van der Waals surface area contributed by atoms with E-state index in [4.69, 9.17) is 5.73 Å². The maximum Gasteiger partial charge on any atom is 0.227 e. The van der Waals surface area contributed by atoms with Crippen LogP contribution >= 0.6 is 0 Å². The summed E-state index contributed by atoms with van der Waals surface area (Å²) in [6.45, 7) is 0. The molecule has 0 aromatic heterocycles. The molecule has 4 heteroatoms. The number of nitrogens with two attached hydrogens (primary N) is 1. The van der Waals surface area contributed by atoms with E-state index < -0.39 is 5.82 Å². The summed E-state index contributed by atoms with van der Waals surface area (Å²) in [6.07, 6.45) is 2.95. The highest BCUT2D eigenvalue weighted by atomic mass is 19.1. The zero-order valence-corrected chi connectivity index (χ0v) is 8.29. The standard InChI is InChI=1S/C11H13FN2O/c12-8-4-9(13)6-10(5-8)14-11(15)7-2-1-3-7/h4-7H,1-3,13H2,(H,14,15). The predicted octanol–water partition coefficient (Wildman–Crippen LogP) is 2.15. The maximum absolute atomic E-state index is 12.9. The number of amides is 1. The van der Waals surface area contributed by atoms with E-state index in [1.165, 1.54) is 12.1 Å². The summed E-state index contributed by atoms with van der Waals surface area (Å²) in [7, 11) is 0. The molecule has 0 spiro atoms. The van der Waals surface area contributed by atoms with Crippen LogP contribution in [-0.4, -0.2) is 5.91 Å². The first kappa shape index (κ1) is 9.96. The Bertz CT molecular complexity index is 368. The van der Waals surface area contributed by atoms with E-state index in [-0.39, 0.29) is 11.8 Å². The summed E-state index contributed by atoms with van der Waals surface area (Å²) in [5, 5.41) is 2.67. The SMILES string of the molecule is Nc1cc(F)cc(NC(=O)C2CCC2)c1. The average molecular weight is 208 g/mol. The smallest absolute Gasteiger partial charge is 0.227 e. The predicted molar refractivity (Wildman–Crippen MR) is 56.8 cm³/mol. The number of hydrogen-bond acceptors (Lipinski definition) is 2. The van der Waals surface area contributed by atoms with E-state index >= 15 is 0 Å². The molecule has 1 aromatic rings. The van der Waals surface area contributed by atoms with Gasteiger partial charge in [-0.15, -0.1) is 0 Å². The molecule has 3 nitrogen and oxygen atoms in total. The number of rotatable bonds is 2. The number of halogens is 1. The van der Waals surface area contributed by atoms with Gasteiger partial charge in [-0.05, 0) is 31.0 Å². The van der Waals surface area contributed by atoms with Crippen LogP contribution in [-0.2, 0) is 4.79 Å². The minimum Gasteiger partial charge on any atom is -0.399 e. The van der Waals surface area contributed by atoms with Crippen LogP contribution in [0.3, 0.4) is 0 Å². The summed E-state index contributed by atoms with van der Waals surface area (Å²) < 4.78 is 12.9. The third-order valence-electron chi connectivity index (χ3n) is 2.66. The lowest BCUT2D eigenvalue weighted by molar-refractivity contribution is -0.122. The van der Waals surface area contributed by atoms with Crippen molar-refractivity contribution in [3.63, 3.8) is 0 Å². The Labute approximate surface area is 87.5 Å². The number of hydrogen-bond donors (Lipinski definition) is 2. The Morgan fingerprint density at radius 3 is 2.67 bits per heavy atom. The van der Waals surface area contributed by atoms with Crippen molar-refractivity contribution in [2.24, 2.45) is 5.92 Å². The lowest BCUT2D eigenvalue weighted by Gasteiger charge is -2.24. The number of carbonyl (C=O) groups excluding carboxylic acids is 1. The van der Waals surface area contributed by atoms with Crippen molar-refractivity contribution in [1.29, 1.82) is 0 Å². The molecule has 1 amide bonds. The van der Waals surface area contributed by atoms with Crippen LogP contribution in [0.15, 0.2) is 18.2 Å². The highest BCUT2D eigenvalue weighted by molar-refractivity contribution is 5.93. The molecule has 1 saturated carbocycles. The highest BCUT2D eigenvalue weighted by Gasteiger charge is 2.25. The highest BCUT2D eigenvalue weighted by Crippen LogP contribution is 2.28. The minimum atomic E-state index is -0.432. The van der Waals surface area contributed by atoms with Crippen LogP contribution in [0, 0.1) is 11.7 Å². The Kier molecular flexibility index (Phi) is 2.58. The average Bonchev–Trinajstić information content (AvgIpc) is 1.96. The quantitative estimate of drug-likeness (QED) is 0.731. The van der Waals surface area contributed by atoms with Gasteiger partial charge in [-0.3, -0.25) is 4.79 Å². The molecule has 0 bridgehead atoms. The monoisotopic (exact) mass is 208 g/mol. The minimum absolute atomic E-state index is 0.0359. The van der Waals surface area contributed by atoms with E-state index in [0.29, 0.717) is 11.4 Å². The molecular formula is C11H13FN2O. The first-order valence-electron chi connectivity index (χ1n) is 5.02. The van der Waals surface area contributed by atoms with Gasteiger partial charge in [-0.25, -0.2) is 4.39 Å². The topological polar surface area (TPSA) is 55.1 Å². The molecule has 0 unspecified atom stereocenters. The van der Waals surface area contributed by atoms with Crippen molar-refractivity contribution in [3.05, 3.63) is 24.0 Å². The fourth-order valence-electron chi connectivity index (χ4n) is 1.60. The Balaban J connectivity index is 2.06. The van der Waals surface area contributed by atoms with Crippen molar-refractivity contribution in [2.45, 2.75) is 19.3 Å². The summed E-state index contributed by atoms with van der Waals surface area (Å²) in [6, 6.07) is 4.05. The molecule has 1 aliphatic rings. The van der Waals surface area contributed by atoms with E-state index in [1.54, 1.807) is 6.07 Å². The second-order valence-corrected chi connectivity index (χ2v) is 3.89. The number of carbonyl (C=O) groups is 1. The van der Waals surface area contributed by atoms with Crippen LogP contribution in [0.5, 0.6) is 0 Å². The zero-order chi connectivity index (χ0) is 10.8. The van der Waals surface area contributed by atoms with E-state index in [2.05, 4.69) is 5.32 Å². The van der Waals surface area contributed by atoms with Gasteiger partial charge in [0.2, 0.25) is 5.91 Å². The summed E-state index contributed by atoms with van der Waals surface area (Å²) in [5.41, 5.74) is 6.22. The van der Waals surface area contributed by atoms with Crippen molar-refractivity contribution in [1.82, 2.24) is 0 Å². The summed E-state index contributed by atoms with van der Waals surface area (Å²) in [5.74, 6) is -0.375. The third kappa shape index (κ3) is 2.26. The second kappa shape index (κ2) is 3.88. The van der Waals surface area contributed by atoms with Gasteiger partial charge in [0.05, 0.1) is 0 Å². The Morgan fingerprint density at radius 2 is 2.13 bits per heavy atom. The molecule has 15 heavy (non-hydrogen) atoms. The Hall–Kier alpha value is -1.58. The molecule has 0 atom stereocenters. The zero-order valence-electron chi connectivity index (χ0n) is 8.29. The van der Waals surface area contributed by atoms with E-state index in [9.17, 15) is 9.18 Å². The van der Waals surface area contributed by atoms with Crippen LogP contribution in [0.4, 0.5) is 15.8 Å². The van der Waals surface area contributed by atoms with Crippen LogP contribution < -0.4 is 11.1 Å². The first-order valence-corrected chi connectivity index (χ1v) is 5.02. The maximum atomic E-state index is 12.9. The molecule has 80 valence electrons. The van der Waals surface area contributed by atoms with Gasteiger partial charge in [-0.1, -0.05) is 6.42 Å². The number of anilines is 2. The van der Waals surface area contributed by atoms with Gasteiger partial charge < -0.3 is 11.1 Å². The van der Waals surface area contributed by atoms with Crippen molar-refractivity contribution >= 4 is 17.3 Å². The molecule has 0 heterocycles. The normalized spacial score (nSPS) is 15.8. The second-order valence-electron chi connectivity index (χ2n) is 3.89. The number of benzene rings is 1. The van der Waals surface area contributed by atoms with Gasteiger partial charge in [0.15, 0.2) is 0 Å². The molecule has 0 radical (unpaired) electrons. The summed E-state index contributed by atoms with van der Waals surface area (Å²) >= 11 is 0. The molecule has 0 aliphatic heterocycles. The fraction of sp³-hybridized carbons (Fsp3) is 0.364. The third-order valence-corrected chi connectivity index (χ3v) is 2.66. The van der Waals surface area contributed by atoms with Crippen LogP contribution in [0.25, 0.3) is 0 Å². The lowest BCUT2D eigenvalue weighted by Crippen LogP contribution is -2.28. The van der Waals surface area contributed by atoms with E-state index in [1.807, 2.05) is 0 Å². The van der Waals surface area contributed by atoms with Crippen molar-refractivity contribution < 1.29 is 9.18 Å². The van der Waals surface area contributed by atoms with Gasteiger partial charge >= 0.3 is 0 Å². The molecule has 0 saturated heterocycles. The molecule has 3 N–H and O–H groups in total. The number of nitrogens with one attached hydrogen (secondary N) is 1. The van der Waals surface area contributed by atoms with Gasteiger partial charge in [0.1, 0.15) is 5.82 Å². The lowest BCUT2D eigenvalue weighted by atomic mass is 9.85. The Morgan fingerprint density at radius 1 is 1.40 bits per heavy atom. The van der Waals surface area contributed by atoms with Crippen LogP contribution in [0.2, 0.25) is 0 Å². The molecular weight excluding hydrogens is 195 g/mol. The van der Waals surface area contributed by atoms with E-state index in [0.717, 1.165) is 19.3 Å². The number of nitrogen functional groups attached to an aromatic ring is 1. The fourth-order valence-corrected chi connectivity index (χ4v) is 1.60. The summed E-state index contributed by atoms with van der Waals surface area (Å²) in [4.78, 5) is 11.5. The largest absolute Gasteiger partial charge is 0.399 e.